The monoisotopic (exact) mass is 320 g/mol. The third kappa shape index (κ3) is 7.42. The summed E-state index contributed by atoms with van der Waals surface area (Å²) in [7, 11) is -3.06. The van der Waals surface area contributed by atoms with E-state index in [9.17, 15) is 18.0 Å². The van der Waals surface area contributed by atoms with E-state index in [4.69, 9.17) is 4.74 Å². The molecule has 1 fully saturated rings. The van der Waals surface area contributed by atoms with Gasteiger partial charge in [-0.25, -0.2) is 8.42 Å². The number of hydrogen-bond donors (Lipinski definition) is 2. The zero-order valence-electron chi connectivity index (χ0n) is 12.4. The Hall–Kier alpha value is -1.15. The van der Waals surface area contributed by atoms with Gasteiger partial charge in [-0.05, 0) is 19.3 Å². The van der Waals surface area contributed by atoms with Crippen LogP contribution in [0.5, 0.6) is 0 Å². The largest absolute Gasteiger partial charge is 0.381 e. The number of hydrogen-bond acceptors (Lipinski definition) is 5. The number of carbonyl (C=O) groups excluding carboxylic acids is 2. The molecule has 1 atom stereocenters. The molecular weight excluding hydrogens is 296 g/mol. The minimum absolute atomic E-state index is 0.0642. The number of sulfone groups is 1. The Morgan fingerprint density at radius 3 is 2.52 bits per heavy atom. The molecule has 1 saturated heterocycles. The summed E-state index contributed by atoms with van der Waals surface area (Å²) in [6, 6.07) is -0.453. The van der Waals surface area contributed by atoms with Crippen molar-refractivity contribution in [3.05, 3.63) is 0 Å². The van der Waals surface area contributed by atoms with Crippen LogP contribution in [0.25, 0.3) is 0 Å². The average molecular weight is 320 g/mol. The molecule has 122 valence electrons. The molecule has 21 heavy (non-hydrogen) atoms. The Morgan fingerprint density at radius 1 is 1.19 bits per heavy atom. The van der Waals surface area contributed by atoms with Crippen LogP contribution in [0.15, 0.2) is 0 Å². The molecule has 1 aliphatic rings. The summed E-state index contributed by atoms with van der Waals surface area (Å²) in [6.45, 7) is 3.70. The molecule has 0 aliphatic carbocycles. The maximum atomic E-state index is 11.6. The zero-order valence-corrected chi connectivity index (χ0v) is 13.2. The first-order valence-corrected chi connectivity index (χ1v) is 9.13. The van der Waals surface area contributed by atoms with Crippen LogP contribution < -0.4 is 10.6 Å². The Morgan fingerprint density at radius 2 is 1.90 bits per heavy atom. The summed E-state index contributed by atoms with van der Waals surface area (Å²) in [5.74, 6) is -1.52. The molecule has 0 radical (unpaired) electrons. The predicted octanol–water partition coefficient (Wildman–Crippen LogP) is -0.387. The molecule has 1 aliphatic heterocycles. The van der Waals surface area contributed by atoms with Crippen LogP contribution in [0, 0.1) is 0 Å². The lowest BCUT2D eigenvalue weighted by atomic mass is 10.2. The summed E-state index contributed by atoms with van der Waals surface area (Å²) in [5.41, 5.74) is 0. The van der Waals surface area contributed by atoms with Gasteiger partial charge >= 0.3 is 11.8 Å². The van der Waals surface area contributed by atoms with E-state index in [0.29, 0.717) is 32.6 Å². The fourth-order valence-electron chi connectivity index (χ4n) is 1.96. The smallest absolute Gasteiger partial charge is 0.309 e. The highest BCUT2D eigenvalue weighted by molar-refractivity contribution is 7.91. The summed E-state index contributed by atoms with van der Waals surface area (Å²) in [6.07, 6.45) is 3.10. The molecule has 0 aromatic rings. The predicted molar refractivity (Wildman–Crippen MR) is 78.6 cm³/mol. The van der Waals surface area contributed by atoms with Gasteiger partial charge in [0.05, 0.1) is 11.5 Å². The molecule has 1 rings (SSSR count). The van der Waals surface area contributed by atoms with Gasteiger partial charge in [-0.3, -0.25) is 9.59 Å². The second-order valence-corrected chi connectivity index (χ2v) is 7.38. The van der Waals surface area contributed by atoms with Crippen molar-refractivity contribution in [2.24, 2.45) is 0 Å². The minimum Gasteiger partial charge on any atom is -0.381 e. The fraction of sp³-hybridized carbons (Fsp3) is 0.846. The standard InChI is InChI=1S/C13H24N2O5S/c1-2-3-7-20-8-4-6-14-12(16)13(17)15-11-5-9-21(18,19)10-11/h11H,2-10H2,1H3,(H,14,16)(H,15,17). The van der Waals surface area contributed by atoms with E-state index in [1.807, 2.05) is 0 Å². The lowest BCUT2D eigenvalue weighted by Gasteiger charge is -2.10. The number of amides is 2. The van der Waals surface area contributed by atoms with Crippen molar-refractivity contribution >= 4 is 21.7 Å². The van der Waals surface area contributed by atoms with Crippen LogP contribution in [0.2, 0.25) is 0 Å². The maximum absolute atomic E-state index is 11.6. The van der Waals surface area contributed by atoms with E-state index in [-0.39, 0.29) is 11.5 Å². The molecule has 0 aromatic heterocycles. The molecule has 7 nitrogen and oxygen atoms in total. The van der Waals surface area contributed by atoms with Crippen LogP contribution in [0.4, 0.5) is 0 Å². The van der Waals surface area contributed by atoms with Crippen LogP contribution in [-0.2, 0) is 24.2 Å². The van der Waals surface area contributed by atoms with E-state index < -0.39 is 27.7 Å². The number of rotatable bonds is 8. The first-order valence-electron chi connectivity index (χ1n) is 7.31. The normalized spacial score (nSPS) is 20.1. The fourth-order valence-corrected chi connectivity index (χ4v) is 3.64. The van der Waals surface area contributed by atoms with Gasteiger partial charge in [0.25, 0.3) is 0 Å². The van der Waals surface area contributed by atoms with Gasteiger partial charge in [0, 0.05) is 25.8 Å². The maximum Gasteiger partial charge on any atom is 0.309 e. The van der Waals surface area contributed by atoms with E-state index >= 15 is 0 Å². The molecule has 2 N–H and O–H groups in total. The first-order chi connectivity index (χ1) is 9.94. The highest BCUT2D eigenvalue weighted by Gasteiger charge is 2.30. The number of ether oxygens (including phenoxy) is 1. The first kappa shape index (κ1) is 17.9. The molecular formula is C13H24N2O5S. The van der Waals surface area contributed by atoms with E-state index in [0.717, 1.165) is 12.8 Å². The topological polar surface area (TPSA) is 102 Å². The van der Waals surface area contributed by atoms with E-state index in [1.54, 1.807) is 0 Å². The van der Waals surface area contributed by atoms with Crippen molar-refractivity contribution in [3.8, 4) is 0 Å². The van der Waals surface area contributed by atoms with Gasteiger partial charge in [0.1, 0.15) is 0 Å². The van der Waals surface area contributed by atoms with Crippen LogP contribution in [-0.4, -0.2) is 57.5 Å². The Labute approximate surface area is 125 Å². The van der Waals surface area contributed by atoms with Gasteiger partial charge in [-0.1, -0.05) is 13.3 Å². The van der Waals surface area contributed by atoms with Gasteiger partial charge in [-0.15, -0.1) is 0 Å². The van der Waals surface area contributed by atoms with Crippen molar-refractivity contribution < 1.29 is 22.7 Å². The van der Waals surface area contributed by atoms with Crippen LogP contribution >= 0.6 is 0 Å². The molecule has 0 spiro atoms. The quantitative estimate of drug-likeness (QED) is 0.468. The van der Waals surface area contributed by atoms with Crippen molar-refractivity contribution in [3.63, 3.8) is 0 Å². The van der Waals surface area contributed by atoms with Gasteiger partial charge < -0.3 is 15.4 Å². The molecule has 0 saturated carbocycles. The number of unbranched alkanes of at least 4 members (excludes halogenated alkanes) is 1. The highest BCUT2D eigenvalue weighted by Crippen LogP contribution is 2.10. The molecule has 0 bridgehead atoms. The number of nitrogens with one attached hydrogen (secondary N) is 2. The Balaban J connectivity index is 2.10. The van der Waals surface area contributed by atoms with Crippen LogP contribution in [0.1, 0.15) is 32.6 Å². The summed E-state index contributed by atoms with van der Waals surface area (Å²) < 4.78 is 27.8. The van der Waals surface area contributed by atoms with Crippen LogP contribution in [0.3, 0.4) is 0 Å². The zero-order chi connectivity index (χ0) is 15.7. The van der Waals surface area contributed by atoms with Gasteiger partial charge in [-0.2, -0.15) is 0 Å². The minimum atomic E-state index is -3.06. The second-order valence-electron chi connectivity index (χ2n) is 5.15. The lowest BCUT2D eigenvalue weighted by Crippen LogP contribution is -2.45. The van der Waals surface area contributed by atoms with Crippen molar-refractivity contribution in [2.45, 2.75) is 38.6 Å². The molecule has 8 heteroatoms. The summed E-state index contributed by atoms with van der Waals surface area (Å²) >= 11 is 0. The third-order valence-electron chi connectivity index (χ3n) is 3.17. The lowest BCUT2D eigenvalue weighted by molar-refractivity contribution is -0.139. The third-order valence-corrected chi connectivity index (χ3v) is 4.94. The van der Waals surface area contributed by atoms with Gasteiger partial charge in [0.2, 0.25) is 0 Å². The molecule has 1 heterocycles. The van der Waals surface area contributed by atoms with Crippen molar-refractivity contribution in [1.29, 1.82) is 0 Å². The van der Waals surface area contributed by atoms with E-state index in [1.165, 1.54) is 0 Å². The van der Waals surface area contributed by atoms with E-state index in [2.05, 4.69) is 17.6 Å². The highest BCUT2D eigenvalue weighted by atomic mass is 32.2. The molecule has 0 aromatic carbocycles. The Kier molecular flexibility index (Phi) is 7.66. The van der Waals surface area contributed by atoms with Gasteiger partial charge in [0.15, 0.2) is 9.84 Å². The second kappa shape index (κ2) is 8.99. The number of carbonyl (C=O) groups is 2. The SMILES string of the molecule is CCCCOCCCNC(=O)C(=O)NC1CCS(=O)(=O)C1. The molecule has 2 amide bonds. The van der Waals surface area contributed by atoms with Crippen molar-refractivity contribution in [2.75, 3.05) is 31.3 Å². The average Bonchev–Trinajstić information content (AvgIpc) is 2.76. The van der Waals surface area contributed by atoms with Crippen molar-refractivity contribution in [1.82, 2.24) is 10.6 Å². The molecule has 1 unspecified atom stereocenters. The summed E-state index contributed by atoms with van der Waals surface area (Å²) in [5, 5.41) is 4.93. The summed E-state index contributed by atoms with van der Waals surface area (Å²) in [4.78, 5) is 23.1. The Bertz CT molecular complexity index is 449.